The Morgan fingerprint density at radius 3 is 2.82 bits per heavy atom. The van der Waals surface area contributed by atoms with Crippen LogP contribution >= 0.6 is 34.4 Å². The number of thioether (sulfide) groups is 1. The van der Waals surface area contributed by atoms with Crippen LogP contribution in [-0.2, 0) is 22.4 Å². The normalized spacial score (nSPS) is 13.8. The van der Waals surface area contributed by atoms with Crippen molar-refractivity contribution in [2.24, 2.45) is 0 Å². The zero-order valence-electron chi connectivity index (χ0n) is 15.4. The van der Waals surface area contributed by atoms with E-state index in [1.807, 2.05) is 24.3 Å². The van der Waals surface area contributed by atoms with E-state index >= 15 is 0 Å². The van der Waals surface area contributed by atoms with Crippen molar-refractivity contribution >= 4 is 61.5 Å². The van der Waals surface area contributed by atoms with E-state index in [1.54, 1.807) is 11.3 Å². The van der Waals surface area contributed by atoms with Crippen LogP contribution < -0.4 is 5.32 Å². The number of rotatable bonds is 5. The van der Waals surface area contributed by atoms with Crippen molar-refractivity contribution in [2.45, 2.75) is 36.4 Å². The number of nitrogens with zero attached hydrogens (tertiary/aromatic N) is 1. The van der Waals surface area contributed by atoms with Crippen LogP contribution in [0.3, 0.4) is 0 Å². The summed E-state index contributed by atoms with van der Waals surface area (Å²) in [5, 5.41) is 3.56. The topological polar surface area (TPSA) is 68.3 Å². The Balaban J connectivity index is 1.48. The van der Waals surface area contributed by atoms with Gasteiger partial charge in [-0.1, -0.05) is 30.3 Å². The van der Waals surface area contributed by atoms with Crippen LogP contribution in [0.4, 0.5) is 5.00 Å². The van der Waals surface area contributed by atoms with Crippen molar-refractivity contribution in [1.82, 2.24) is 4.98 Å². The number of aromatic nitrogens is 1. The van der Waals surface area contributed by atoms with Crippen molar-refractivity contribution in [1.29, 1.82) is 0 Å². The van der Waals surface area contributed by atoms with Gasteiger partial charge in [0, 0.05) is 4.88 Å². The number of aryl methyl sites for hydroxylation is 1. The van der Waals surface area contributed by atoms with Crippen molar-refractivity contribution in [3.05, 3.63) is 40.3 Å². The maximum atomic E-state index is 12.5. The van der Waals surface area contributed by atoms with Crippen LogP contribution in [0.1, 0.15) is 40.1 Å². The molecule has 146 valence electrons. The molecule has 2 aromatic heterocycles. The van der Waals surface area contributed by atoms with E-state index in [2.05, 4.69) is 10.3 Å². The highest BCUT2D eigenvalue weighted by molar-refractivity contribution is 8.01. The number of thiophene rings is 1. The monoisotopic (exact) mass is 432 g/mol. The average molecular weight is 433 g/mol. The Morgan fingerprint density at radius 1 is 1.18 bits per heavy atom. The van der Waals surface area contributed by atoms with Gasteiger partial charge in [-0.25, -0.2) is 9.78 Å². The summed E-state index contributed by atoms with van der Waals surface area (Å²) in [5.41, 5.74) is 2.55. The minimum atomic E-state index is -0.367. The minimum Gasteiger partial charge on any atom is -0.465 e. The standard InChI is InChI=1S/C20H20N2O3S3/c1-25-19(24)17-12-7-3-2-4-9-14(12)27-18(17)22-16(23)11-26-20-21-13-8-5-6-10-15(13)28-20/h5-6,8,10H,2-4,7,9,11H2,1H3,(H,22,23). The van der Waals surface area contributed by atoms with E-state index in [9.17, 15) is 9.59 Å². The summed E-state index contributed by atoms with van der Waals surface area (Å²) in [6.07, 6.45) is 5.18. The van der Waals surface area contributed by atoms with Crippen molar-refractivity contribution in [2.75, 3.05) is 18.2 Å². The molecule has 0 spiro atoms. The van der Waals surface area contributed by atoms with Crippen LogP contribution in [-0.4, -0.2) is 29.7 Å². The fourth-order valence-corrected chi connectivity index (χ4v) is 6.51. The third-order valence-corrected chi connectivity index (χ3v) is 8.05. The molecular weight excluding hydrogens is 412 g/mol. The van der Waals surface area contributed by atoms with Crippen LogP contribution in [0.5, 0.6) is 0 Å². The lowest BCUT2D eigenvalue weighted by atomic mass is 10.1. The second kappa shape index (κ2) is 8.63. The molecule has 4 rings (SSSR count). The lowest BCUT2D eigenvalue weighted by Crippen LogP contribution is -2.16. The molecule has 0 saturated heterocycles. The molecule has 1 aliphatic carbocycles. The fraction of sp³-hybridized carbons (Fsp3) is 0.350. The highest BCUT2D eigenvalue weighted by Crippen LogP contribution is 2.38. The van der Waals surface area contributed by atoms with Gasteiger partial charge in [0.25, 0.3) is 0 Å². The molecule has 0 bridgehead atoms. The van der Waals surface area contributed by atoms with Gasteiger partial charge in [-0.15, -0.1) is 22.7 Å². The summed E-state index contributed by atoms with van der Waals surface area (Å²) in [6, 6.07) is 7.94. The molecule has 0 saturated carbocycles. The summed E-state index contributed by atoms with van der Waals surface area (Å²) in [6.45, 7) is 0. The second-order valence-electron chi connectivity index (χ2n) is 6.54. The lowest BCUT2D eigenvalue weighted by molar-refractivity contribution is -0.113. The highest BCUT2D eigenvalue weighted by Gasteiger charge is 2.26. The first-order valence-corrected chi connectivity index (χ1v) is 11.8. The molecular formula is C20H20N2O3S3. The van der Waals surface area contributed by atoms with Gasteiger partial charge in [-0.3, -0.25) is 4.79 Å². The summed E-state index contributed by atoms with van der Waals surface area (Å²) in [4.78, 5) is 30.6. The zero-order valence-corrected chi connectivity index (χ0v) is 17.9. The number of hydrogen-bond donors (Lipinski definition) is 1. The number of benzene rings is 1. The zero-order chi connectivity index (χ0) is 19.5. The predicted octanol–water partition coefficient (Wildman–Crippen LogP) is 5.14. The molecule has 0 aliphatic heterocycles. The number of nitrogens with one attached hydrogen (secondary N) is 1. The summed E-state index contributed by atoms with van der Waals surface area (Å²) in [5.74, 6) is -0.248. The van der Waals surface area contributed by atoms with E-state index in [-0.39, 0.29) is 17.6 Å². The van der Waals surface area contributed by atoms with Crippen molar-refractivity contribution in [3.63, 3.8) is 0 Å². The molecule has 1 N–H and O–H groups in total. The number of ether oxygens (including phenoxy) is 1. The van der Waals surface area contributed by atoms with Gasteiger partial charge in [0.2, 0.25) is 5.91 Å². The fourth-order valence-electron chi connectivity index (χ4n) is 3.35. The Labute approximate surface area is 175 Å². The lowest BCUT2D eigenvalue weighted by Gasteiger charge is -2.07. The first kappa shape index (κ1) is 19.4. The van der Waals surface area contributed by atoms with Crippen LogP contribution in [0.25, 0.3) is 10.2 Å². The molecule has 1 amide bonds. The molecule has 3 aromatic rings. The molecule has 0 atom stereocenters. The summed E-state index contributed by atoms with van der Waals surface area (Å²) in [7, 11) is 1.39. The Morgan fingerprint density at radius 2 is 2.00 bits per heavy atom. The second-order valence-corrected chi connectivity index (χ2v) is 9.90. The number of para-hydroxylation sites is 1. The largest absolute Gasteiger partial charge is 0.465 e. The quantitative estimate of drug-likeness (QED) is 0.343. The Bertz CT molecular complexity index is 992. The molecule has 0 fully saturated rings. The third-order valence-electron chi connectivity index (χ3n) is 4.66. The van der Waals surface area contributed by atoms with Gasteiger partial charge in [0.15, 0.2) is 4.34 Å². The number of carbonyl (C=O) groups excluding carboxylic acids is 2. The number of amides is 1. The van der Waals surface area contributed by atoms with Gasteiger partial charge < -0.3 is 10.1 Å². The molecule has 2 heterocycles. The van der Waals surface area contributed by atoms with Gasteiger partial charge >= 0.3 is 5.97 Å². The van der Waals surface area contributed by atoms with Crippen molar-refractivity contribution < 1.29 is 14.3 Å². The number of thiazole rings is 1. The highest BCUT2D eigenvalue weighted by atomic mass is 32.2. The molecule has 1 aromatic carbocycles. The smallest absolute Gasteiger partial charge is 0.341 e. The first-order chi connectivity index (χ1) is 13.7. The molecule has 0 unspecified atom stereocenters. The average Bonchev–Trinajstić information content (AvgIpc) is 3.19. The van der Waals surface area contributed by atoms with Gasteiger partial charge in [-0.2, -0.15) is 0 Å². The van der Waals surface area contributed by atoms with Crippen LogP contribution in [0.15, 0.2) is 28.6 Å². The Hall–Kier alpha value is -1.90. The third kappa shape index (κ3) is 4.09. The van der Waals surface area contributed by atoms with Crippen molar-refractivity contribution in [3.8, 4) is 0 Å². The van der Waals surface area contributed by atoms with E-state index in [4.69, 9.17) is 4.74 Å². The van der Waals surface area contributed by atoms with E-state index in [0.29, 0.717) is 10.6 Å². The Kier molecular flexibility index (Phi) is 5.99. The van der Waals surface area contributed by atoms with Crippen LogP contribution in [0, 0.1) is 0 Å². The predicted molar refractivity (Wildman–Crippen MR) is 116 cm³/mol. The number of esters is 1. The van der Waals surface area contributed by atoms with Gasteiger partial charge in [-0.05, 0) is 43.4 Å². The van der Waals surface area contributed by atoms with E-state index < -0.39 is 0 Å². The molecule has 0 radical (unpaired) electrons. The van der Waals surface area contributed by atoms with Gasteiger partial charge in [0.1, 0.15) is 5.00 Å². The number of anilines is 1. The van der Waals surface area contributed by atoms with E-state index in [0.717, 1.165) is 45.8 Å². The summed E-state index contributed by atoms with van der Waals surface area (Å²) < 4.78 is 6.97. The molecule has 28 heavy (non-hydrogen) atoms. The first-order valence-electron chi connectivity index (χ1n) is 9.17. The maximum absolute atomic E-state index is 12.5. The number of methoxy groups -OCH3 is 1. The SMILES string of the molecule is COC(=O)c1c(NC(=O)CSc2nc3ccccc3s2)sc2c1CCCCC2. The molecule has 8 heteroatoms. The number of carbonyl (C=O) groups is 2. The van der Waals surface area contributed by atoms with Gasteiger partial charge in [0.05, 0.1) is 28.6 Å². The molecule has 5 nitrogen and oxygen atoms in total. The number of fused-ring (bicyclic) bond motifs is 2. The number of hydrogen-bond acceptors (Lipinski definition) is 7. The van der Waals surface area contributed by atoms with E-state index in [1.165, 1.54) is 41.5 Å². The summed E-state index contributed by atoms with van der Waals surface area (Å²) >= 11 is 4.52. The minimum absolute atomic E-state index is 0.134. The van der Waals surface area contributed by atoms with Crippen LogP contribution in [0.2, 0.25) is 0 Å². The molecule has 1 aliphatic rings. The maximum Gasteiger partial charge on any atom is 0.341 e.